The van der Waals surface area contributed by atoms with Gasteiger partial charge in [0.25, 0.3) is 0 Å². The van der Waals surface area contributed by atoms with Gasteiger partial charge >= 0.3 is 5.97 Å². The van der Waals surface area contributed by atoms with Crippen LogP contribution in [0.1, 0.15) is 30.9 Å². The van der Waals surface area contributed by atoms with Crippen LogP contribution in [0.2, 0.25) is 0 Å². The van der Waals surface area contributed by atoms with Crippen molar-refractivity contribution in [2.24, 2.45) is 0 Å². The number of aryl methyl sites for hydroxylation is 1. The van der Waals surface area contributed by atoms with Gasteiger partial charge in [-0.3, -0.25) is 4.79 Å². The zero-order chi connectivity index (χ0) is 19.3. The molecule has 2 aromatic carbocycles. The fourth-order valence-corrected chi connectivity index (χ4v) is 3.72. The number of carbonyl (C=O) groups is 1. The number of rotatable bonds is 7. The smallest absolute Gasteiger partial charge is 0.306 e. The zero-order valence-electron chi connectivity index (χ0n) is 15.4. The van der Waals surface area contributed by atoms with Crippen molar-refractivity contribution in [2.75, 3.05) is 0 Å². The number of fused-ring (bicyclic) bond motifs is 1. The van der Waals surface area contributed by atoms with Crippen molar-refractivity contribution >= 4 is 27.5 Å². The first-order valence-electron chi connectivity index (χ1n) is 9.07. The summed E-state index contributed by atoms with van der Waals surface area (Å²) in [5, 5.41) is 13.2. The van der Waals surface area contributed by atoms with E-state index in [1.807, 2.05) is 61.5 Å². The molecule has 1 unspecified atom stereocenters. The number of aromatic nitrogens is 5. The van der Waals surface area contributed by atoms with E-state index in [0.717, 1.165) is 20.8 Å². The minimum Gasteiger partial charge on any atom is -0.455 e. The molecule has 0 N–H and O–H groups in total. The van der Waals surface area contributed by atoms with E-state index in [0.29, 0.717) is 18.8 Å². The van der Waals surface area contributed by atoms with Gasteiger partial charge in [-0.1, -0.05) is 42.5 Å². The Morgan fingerprint density at radius 1 is 1.14 bits per heavy atom. The maximum Gasteiger partial charge on any atom is 0.306 e. The molecular weight excluding hydrogens is 374 g/mol. The Hall–Kier alpha value is -3.13. The summed E-state index contributed by atoms with van der Waals surface area (Å²) < 4.78 is 6.61. The lowest BCUT2D eigenvalue weighted by atomic mass is 10.2. The first-order chi connectivity index (χ1) is 13.7. The van der Waals surface area contributed by atoms with E-state index in [1.54, 1.807) is 11.3 Å². The zero-order valence-corrected chi connectivity index (χ0v) is 16.2. The number of para-hydroxylation sites is 1. The Labute approximate surface area is 166 Å². The summed E-state index contributed by atoms with van der Waals surface area (Å²) in [5.41, 5.74) is 1.84. The lowest BCUT2D eigenvalue weighted by molar-refractivity contribution is -0.148. The summed E-state index contributed by atoms with van der Waals surface area (Å²) >= 11 is 1.55. The van der Waals surface area contributed by atoms with Crippen molar-refractivity contribution in [1.82, 2.24) is 25.2 Å². The first kappa shape index (κ1) is 18.2. The molecule has 0 aliphatic carbocycles. The molecule has 4 rings (SSSR count). The molecule has 8 heteroatoms. The molecule has 0 amide bonds. The van der Waals surface area contributed by atoms with Gasteiger partial charge in [-0.2, -0.15) is 4.80 Å². The summed E-state index contributed by atoms with van der Waals surface area (Å²) in [7, 11) is 0. The molecule has 0 bridgehead atoms. The van der Waals surface area contributed by atoms with Crippen LogP contribution >= 0.6 is 11.3 Å². The van der Waals surface area contributed by atoms with Crippen molar-refractivity contribution < 1.29 is 9.53 Å². The number of hydrogen-bond donors (Lipinski definition) is 0. The number of thiazole rings is 1. The number of carbonyl (C=O) groups excluding carboxylic acids is 1. The first-order valence-corrected chi connectivity index (χ1v) is 9.89. The molecular formula is C20H19N5O2S. The number of hydrogen-bond acceptors (Lipinski definition) is 7. The summed E-state index contributed by atoms with van der Waals surface area (Å²) in [6.45, 7) is 2.35. The topological polar surface area (TPSA) is 82.8 Å². The average Bonchev–Trinajstić information content (AvgIpc) is 3.36. The van der Waals surface area contributed by atoms with Crippen LogP contribution in [0.4, 0.5) is 0 Å². The molecule has 0 spiro atoms. The summed E-state index contributed by atoms with van der Waals surface area (Å²) in [4.78, 5) is 18.2. The highest BCUT2D eigenvalue weighted by Crippen LogP contribution is 2.28. The number of esters is 1. The van der Waals surface area contributed by atoms with Crippen LogP contribution in [0.5, 0.6) is 0 Å². The Balaban J connectivity index is 1.27. The van der Waals surface area contributed by atoms with E-state index in [1.165, 1.54) is 4.80 Å². The van der Waals surface area contributed by atoms with Gasteiger partial charge in [0, 0.05) is 12.0 Å². The second kappa shape index (κ2) is 8.26. The van der Waals surface area contributed by atoms with Gasteiger partial charge in [0.05, 0.1) is 16.8 Å². The SMILES string of the molecule is CC(OC(=O)CCCn1nnc(-c2ccccc2)n1)c1nc2ccccc2s1. The fourth-order valence-electron chi connectivity index (χ4n) is 2.78. The third-order valence-electron chi connectivity index (χ3n) is 4.19. The van der Waals surface area contributed by atoms with Gasteiger partial charge in [0.2, 0.25) is 5.82 Å². The highest BCUT2D eigenvalue weighted by atomic mass is 32.1. The maximum absolute atomic E-state index is 12.1. The van der Waals surface area contributed by atoms with Crippen LogP contribution in [0.3, 0.4) is 0 Å². The van der Waals surface area contributed by atoms with Crippen LogP contribution in [0, 0.1) is 0 Å². The Morgan fingerprint density at radius 2 is 1.93 bits per heavy atom. The van der Waals surface area contributed by atoms with Gasteiger partial charge in [-0.25, -0.2) is 4.98 Å². The third kappa shape index (κ3) is 4.23. The molecule has 7 nitrogen and oxygen atoms in total. The normalized spacial score (nSPS) is 12.2. The van der Waals surface area contributed by atoms with Gasteiger partial charge < -0.3 is 4.74 Å². The molecule has 0 aliphatic rings. The quantitative estimate of drug-likeness (QED) is 0.441. The van der Waals surface area contributed by atoms with Crippen molar-refractivity contribution in [3.8, 4) is 11.4 Å². The van der Waals surface area contributed by atoms with Gasteiger partial charge in [-0.15, -0.1) is 21.5 Å². The monoisotopic (exact) mass is 393 g/mol. The molecule has 0 radical (unpaired) electrons. The minimum atomic E-state index is -0.362. The predicted molar refractivity (Wildman–Crippen MR) is 107 cm³/mol. The molecule has 2 aromatic heterocycles. The van der Waals surface area contributed by atoms with Crippen molar-refractivity contribution in [3.63, 3.8) is 0 Å². The molecule has 28 heavy (non-hydrogen) atoms. The van der Waals surface area contributed by atoms with Crippen LogP contribution in [0.25, 0.3) is 21.6 Å². The summed E-state index contributed by atoms with van der Waals surface area (Å²) in [5.74, 6) is 0.322. The molecule has 2 heterocycles. The number of tetrazole rings is 1. The Morgan fingerprint density at radius 3 is 2.75 bits per heavy atom. The number of ether oxygens (including phenoxy) is 1. The van der Waals surface area contributed by atoms with E-state index in [2.05, 4.69) is 20.4 Å². The molecule has 0 saturated carbocycles. The molecule has 1 atom stereocenters. The molecule has 0 aliphatic heterocycles. The lowest BCUT2D eigenvalue weighted by Gasteiger charge is -2.10. The van der Waals surface area contributed by atoms with E-state index in [9.17, 15) is 4.79 Å². The standard InChI is InChI=1S/C20H19N5O2S/c1-14(20-21-16-10-5-6-11-17(16)28-20)27-18(26)12-7-13-25-23-19(22-24-25)15-8-3-2-4-9-15/h2-6,8-11,14H,7,12-13H2,1H3. The predicted octanol–water partition coefficient (Wildman–Crippen LogP) is 4.03. The van der Waals surface area contributed by atoms with E-state index in [-0.39, 0.29) is 18.5 Å². The molecule has 4 aromatic rings. The van der Waals surface area contributed by atoms with Crippen molar-refractivity contribution in [2.45, 2.75) is 32.4 Å². The lowest BCUT2D eigenvalue weighted by Crippen LogP contribution is -2.11. The largest absolute Gasteiger partial charge is 0.455 e. The van der Waals surface area contributed by atoms with Gasteiger partial charge in [0.15, 0.2) is 6.10 Å². The van der Waals surface area contributed by atoms with Gasteiger partial charge in [-0.05, 0) is 30.7 Å². The number of benzene rings is 2. The molecule has 142 valence electrons. The summed E-state index contributed by atoms with van der Waals surface area (Å²) in [6, 6.07) is 17.6. The van der Waals surface area contributed by atoms with Crippen LogP contribution in [-0.2, 0) is 16.1 Å². The van der Waals surface area contributed by atoms with Gasteiger partial charge in [0.1, 0.15) is 5.01 Å². The highest BCUT2D eigenvalue weighted by molar-refractivity contribution is 7.18. The van der Waals surface area contributed by atoms with E-state index >= 15 is 0 Å². The summed E-state index contributed by atoms with van der Waals surface area (Å²) in [6.07, 6.45) is 0.507. The Bertz CT molecular complexity index is 1040. The third-order valence-corrected chi connectivity index (χ3v) is 5.39. The van der Waals surface area contributed by atoms with Crippen LogP contribution in [-0.4, -0.2) is 31.2 Å². The highest BCUT2D eigenvalue weighted by Gasteiger charge is 2.16. The minimum absolute atomic E-state index is 0.254. The Kier molecular flexibility index (Phi) is 5.38. The van der Waals surface area contributed by atoms with Crippen molar-refractivity contribution in [3.05, 3.63) is 59.6 Å². The second-order valence-corrected chi connectivity index (χ2v) is 7.39. The number of nitrogens with zero attached hydrogens (tertiary/aromatic N) is 5. The van der Waals surface area contributed by atoms with Crippen LogP contribution < -0.4 is 0 Å². The average molecular weight is 393 g/mol. The maximum atomic E-state index is 12.1. The van der Waals surface area contributed by atoms with Crippen molar-refractivity contribution in [1.29, 1.82) is 0 Å². The van der Waals surface area contributed by atoms with E-state index in [4.69, 9.17) is 4.74 Å². The fraction of sp³-hybridized carbons (Fsp3) is 0.250. The molecule has 0 saturated heterocycles. The second-order valence-electron chi connectivity index (χ2n) is 6.33. The molecule has 0 fully saturated rings. The van der Waals surface area contributed by atoms with E-state index < -0.39 is 0 Å². The van der Waals surface area contributed by atoms with Crippen LogP contribution in [0.15, 0.2) is 54.6 Å².